The summed E-state index contributed by atoms with van der Waals surface area (Å²) in [7, 11) is 0. The molecule has 1 unspecified atom stereocenters. The number of benzene rings is 1. The van der Waals surface area contributed by atoms with E-state index >= 15 is 0 Å². The Labute approximate surface area is 97.6 Å². The molecule has 0 bridgehead atoms. The summed E-state index contributed by atoms with van der Waals surface area (Å²) in [5.41, 5.74) is 7.08. The third-order valence-electron chi connectivity index (χ3n) is 2.44. The molecular formula is C13H21NO2. The molecule has 2 N–H and O–H groups in total. The molecule has 16 heavy (non-hydrogen) atoms. The van der Waals surface area contributed by atoms with Gasteiger partial charge in [0.15, 0.2) is 11.5 Å². The van der Waals surface area contributed by atoms with E-state index in [2.05, 4.69) is 6.92 Å². The average molecular weight is 223 g/mol. The molecule has 0 heterocycles. The molecule has 0 radical (unpaired) electrons. The maximum absolute atomic E-state index is 5.99. The fraction of sp³-hybridized carbons (Fsp3) is 0.538. The van der Waals surface area contributed by atoms with E-state index in [0.717, 1.165) is 23.5 Å². The van der Waals surface area contributed by atoms with Crippen molar-refractivity contribution in [3.63, 3.8) is 0 Å². The summed E-state index contributed by atoms with van der Waals surface area (Å²) in [6.07, 6.45) is 0.916. The molecular weight excluding hydrogens is 202 g/mol. The van der Waals surface area contributed by atoms with E-state index in [1.807, 2.05) is 32.0 Å². The maximum atomic E-state index is 5.99. The Morgan fingerprint density at radius 3 is 2.25 bits per heavy atom. The fourth-order valence-corrected chi connectivity index (χ4v) is 1.53. The van der Waals surface area contributed by atoms with E-state index in [4.69, 9.17) is 15.2 Å². The lowest BCUT2D eigenvalue weighted by Crippen LogP contribution is -2.09. The normalized spacial score (nSPS) is 12.2. The highest BCUT2D eigenvalue weighted by molar-refractivity contribution is 5.43. The SMILES string of the molecule is CCOc1ccc(C(N)CC)cc1OCC. The molecule has 0 aromatic heterocycles. The molecule has 1 atom stereocenters. The van der Waals surface area contributed by atoms with E-state index in [1.54, 1.807) is 0 Å². The molecule has 3 nitrogen and oxygen atoms in total. The van der Waals surface area contributed by atoms with Gasteiger partial charge in [0.1, 0.15) is 0 Å². The van der Waals surface area contributed by atoms with Crippen LogP contribution in [0.2, 0.25) is 0 Å². The Hall–Kier alpha value is -1.22. The number of hydrogen-bond donors (Lipinski definition) is 1. The van der Waals surface area contributed by atoms with E-state index in [-0.39, 0.29) is 6.04 Å². The van der Waals surface area contributed by atoms with Crippen LogP contribution in [0.4, 0.5) is 0 Å². The van der Waals surface area contributed by atoms with Crippen LogP contribution in [0.5, 0.6) is 11.5 Å². The van der Waals surface area contributed by atoms with Gasteiger partial charge in [-0.15, -0.1) is 0 Å². The Bertz CT molecular complexity index is 326. The zero-order valence-electron chi connectivity index (χ0n) is 10.3. The summed E-state index contributed by atoms with van der Waals surface area (Å²) < 4.78 is 11.0. The monoisotopic (exact) mass is 223 g/mol. The first-order valence-electron chi connectivity index (χ1n) is 5.88. The second-order valence-corrected chi connectivity index (χ2v) is 3.59. The first-order chi connectivity index (χ1) is 7.72. The van der Waals surface area contributed by atoms with Gasteiger partial charge in [0.2, 0.25) is 0 Å². The van der Waals surface area contributed by atoms with E-state index in [9.17, 15) is 0 Å². The average Bonchev–Trinajstić information content (AvgIpc) is 2.31. The van der Waals surface area contributed by atoms with Gasteiger partial charge in [-0.3, -0.25) is 0 Å². The van der Waals surface area contributed by atoms with Crippen molar-refractivity contribution < 1.29 is 9.47 Å². The molecule has 0 aliphatic carbocycles. The van der Waals surface area contributed by atoms with Crippen LogP contribution in [0.15, 0.2) is 18.2 Å². The molecule has 0 aliphatic heterocycles. The number of hydrogen-bond acceptors (Lipinski definition) is 3. The summed E-state index contributed by atoms with van der Waals surface area (Å²) in [6, 6.07) is 5.97. The van der Waals surface area contributed by atoms with Gasteiger partial charge in [-0.1, -0.05) is 13.0 Å². The van der Waals surface area contributed by atoms with Crippen molar-refractivity contribution in [2.45, 2.75) is 33.2 Å². The summed E-state index contributed by atoms with van der Waals surface area (Å²) in [5.74, 6) is 1.57. The minimum atomic E-state index is 0.0647. The van der Waals surface area contributed by atoms with Crippen LogP contribution in [-0.4, -0.2) is 13.2 Å². The lowest BCUT2D eigenvalue weighted by molar-refractivity contribution is 0.287. The largest absolute Gasteiger partial charge is 0.490 e. The Morgan fingerprint density at radius 2 is 1.69 bits per heavy atom. The molecule has 0 aliphatic rings. The van der Waals surface area contributed by atoms with Crippen molar-refractivity contribution in [3.8, 4) is 11.5 Å². The second-order valence-electron chi connectivity index (χ2n) is 3.59. The third kappa shape index (κ3) is 3.14. The molecule has 1 rings (SSSR count). The highest BCUT2D eigenvalue weighted by Crippen LogP contribution is 2.30. The van der Waals surface area contributed by atoms with Crippen molar-refractivity contribution >= 4 is 0 Å². The van der Waals surface area contributed by atoms with Crippen molar-refractivity contribution in [2.75, 3.05) is 13.2 Å². The van der Waals surface area contributed by atoms with Gasteiger partial charge >= 0.3 is 0 Å². The van der Waals surface area contributed by atoms with E-state index < -0.39 is 0 Å². The first-order valence-corrected chi connectivity index (χ1v) is 5.88. The third-order valence-corrected chi connectivity index (χ3v) is 2.44. The topological polar surface area (TPSA) is 44.5 Å². The van der Waals surface area contributed by atoms with Crippen molar-refractivity contribution in [3.05, 3.63) is 23.8 Å². The van der Waals surface area contributed by atoms with Crippen LogP contribution in [-0.2, 0) is 0 Å². The standard InChI is InChI=1S/C13H21NO2/c1-4-11(14)10-7-8-12(15-5-2)13(9-10)16-6-3/h7-9,11H,4-6,14H2,1-3H3. The van der Waals surface area contributed by atoms with Gasteiger partial charge in [-0.05, 0) is 38.0 Å². The van der Waals surface area contributed by atoms with Crippen LogP contribution in [0.1, 0.15) is 38.8 Å². The van der Waals surface area contributed by atoms with Crippen LogP contribution >= 0.6 is 0 Å². The molecule has 3 heteroatoms. The van der Waals surface area contributed by atoms with Crippen LogP contribution in [0.25, 0.3) is 0 Å². The number of rotatable bonds is 6. The molecule has 90 valence electrons. The summed E-state index contributed by atoms with van der Waals surface area (Å²) >= 11 is 0. The lowest BCUT2D eigenvalue weighted by Gasteiger charge is -2.15. The fourth-order valence-electron chi connectivity index (χ4n) is 1.53. The van der Waals surface area contributed by atoms with E-state index in [1.165, 1.54) is 0 Å². The Morgan fingerprint density at radius 1 is 1.06 bits per heavy atom. The van der Waals surface area contributed by atoms with Gasteiger partial charge in [0, 0.05) is 6.04 Å². The quantitative estimate of drug-likeness (QED) is 0.806. The van der Waals surface area contributed by atoms with Gasteiger partial charge in [-0.25, -0.2) is 0 Å². The number of ether oxygens (including phenoxy) is 2. The zero-order valence-corrected chi connectivity index (χ0v) is 10.3. The molecule has 0 saturated carbocycles. The second kappa shape index (κ2) is 6.38. The highest BCUT2D eigenvalue weighted by atomic mass is 16.5. The predicted octanol–water partition coefficient (Wildman–Crippen LogP) is 2.89. The Kier molecular flexibility index (Phi) is 5.12. The Balaban J connectivity index is 2.96. The van der Waals surface area contributed by atoms with Gasteiger partial charge in [-0.2, -0.15) is 0 Å². The summed E-state index contributed by atoms with van der Waals surface area (Å²) in [5, 5.41) is 0. The minimum absolute atomic E-state index is 0.0647. The maximum Gasteiger partial charge on any atom is 0.161 e. The van der Waals surface area contributed by atoms with Crippen molar-refractivity contribution in [1.82, 2.24) is 0 Å². The molecule has 0 spiro atoms. The van der Waals surface area contributed by atoms with Gasteiger partial charge in [0.25, 0.3) is 0 Å². The molecule has 0 saturated heterocycles. The molecule has 1 aromatic carbocycles. The smallest absolute Gasteiger partial charge is 0.161 e. The van der Waals surface area contributed by atoms with Crippen molar-refractivity contribution in [1.29, 1.82) is 0 Å². The molecule has 1 aromatic rings. The van der Waals surface area contributed by atoms with Crippen LogP contribution in [0.3, 0.4) is 0 Å². The van der Waals surface area contributed by atoms with Crippen LogP contribution in [0, 0.1) is 0 Å². The van der Waals surface area contributed by atoms with Gasteiger partial charge in [0.05, 0.1) is 13.2 Å². The summed E-state index contributed by atoms with van der Waals surface area (Å²) in [6.45, 7) is 7.26. The van der Waals surface area contributed by atoms with Crippen LogP contribution < -0.4 is 15.2 Å². The highest BCUT2D eigenvalue weighted by Gasteiger charge is 2.09. The number of nitrogens with two attached hydrogens (primary N) is 1. The summed E-state index contributed by atoms with van der Waals surface area (Å²) in [4.78, 5) is 0. The predicted molar refractivity (Wildman–Crippen MR) is 66.0 cm³/mol. The van der Waals surface area contributed by atoms with Gasteiger partial charge < -0.3 is 15.2 Å². The van der Waals surface area contributed by atoms with Crippen molar-refractivity contribution in [2.24, 2.45) is 5.73 Å². The zero-order chi connectivity index (χ0) is 12.0. The lowest BCUT2D eigenvalue weighted by atomic mass is 10.1. The van der Waals surface area contributed by atoms with E-state index in [0.29, 0.717) is 13.2 Å². The first kappa shape index (κ1) is 12.8. The molecule has 0 amide bonds. The molecule has 0 fully saturated rings. The minimum Gasteiger partial charge on any atom is -0.490 e.